The minimum absolute atomic E-state index is 0.0261. The van der Waals surface area contributed by atoms with Gasteiger partial charge in [0, 0.05) is 10.8 Å². The number of allylic oxidation sites excluding steroid dienone is 2. The Morgan fingerprint density at radius 3 is 2.64 bits per heavy atom. The van der Waals surface area contributed by atoms with E-state index in [1.807, 2.05) is 47.9 Å². The van der Waals surface area contributed by atoms with Crippen molar-refractivity contribution in [1.29, 1.82) is 0 Å². The van der Waals surface area contributed by atoms with Crippen LogP contribution >= 0.6 is 11.3 Å². The Hall–Kier alpha value is -3.26. The Morgan fingerprint density at radius 2 is 1.92 bits per heavy atom. The van der Waals surface area contributed by atoms with Gasteiger partial charge < -0.3 is 14.3 Å². The second kappa shape index (κ2) is 11.1. The summed E-state index contributed by atoms with van der Waals surface area (Å²) in [4.78, 5) is 29.5. The number of imide groups is 1. The van der Waals surface area contributed by atoms with Gasteiger partial charge in [-0.2, -0.15) is 0 Å². The smallest absolute Gasteiger partial charge is 0.234 e. The molecule has 2 fully saturated rings. The highest BCUT2D eigenvalue weighted by Gasteiger charge is 2.56. The van der Waals surface area contributed by atoms with E-state index in [-0.39, 0.29) is 42.3 Å². The molecule has 2 aromatic heterocycles. The first-order valence-corrected chi connectivity index (χ1v) is 14.6. The SMILES string of the molecule is CCC1=C2[C@@H](CC/C(=C/c3ccc(CO)o3)c3ccccc3)OC[C@@H]2[C@@H]2C(=O)N(Cc3cccs3)C(=O)[C@@H]2C1. The Bertz CT molecular complexity index is 1400. The molecular formula is C32H33NO5S. The van der Waals surface area contributed by atoms with Crippen LogP contribution in [0.4, 0.5) is 0 Å². The number of nitrogens with zero attached hydrogens (tertiary/aromatic N) is 1. The van der Waals surface area contributed by atoms with Crippen LogP contribution < -0.4 is 0 Å². The molecule has 3 aliphatic rings. The molecule has 2 aliphatic heterocycles. The Balaban J connectivity index is 1.23. The van der Waals surface area contributed by atoms with Crippen LogP contribution in [0.2, 0.25) is 0 Å². The van der Waals surface area contributed by atoms with Gasteiger partial charge in [-0.15, -0.1) is 11.3 Å². The fourth-order valence-electron chi connectivity index (χ4n) is 6.56. The van der Waals surface area contributed by atoms with E-state index in [2.05, 4.69) is 19.1 Å². The maximum Gasteiger partial charge on any atom is 0.234 e. The van der Waals surface area contributed by atoms with E-state index < -0.39 is 0 Å². The molecule has 6 nitrogen and oxygen atoms in total. The molecule has 1 aromatic carbocycles. The molecule has 4 heterocycles. The van der Waals surface area contributed by atoms with Gasteiger partial charge in [0.05, 0.1) is 31.1 Å². The van der Waals surface area contributed by atoms with Gasteiger partial charge >= 0.3 is 0 Å². The first-order valence-electron chi connectivity index (χ1n) is 13.7. The summed E-state index contributed by atoms with van der Waals surface area (Å²) in [6, 6.07) is 17.8. The second-order valence-electron chi connectivity index (χ2n) is 10.6. The molecule has 6 rings (SSSR count). The zero-order valence-electron chi connectivity index (χ0n) is 22.0. The van der Waals surface area contributed by atoms with Crippen molar-refractivity contribution in [2.75, 3.05) is 6.61 Å². The van der Waals surface area contributed by atoms with Crippen LogP contribution in [-0.4, -0.2) is 34.5 Å². The molecule has 1 aliphatic carbocycles. The molecule has 0 saturated carbocycles. The normalized spacial score (nSPS) is 25.0. The molecule has 0 bridgehead atoms. The summed E-state index contributed by atoms with van der Waals surface area (Å²) in [6.45, 7) is 2.86. The zero-order valence-corrected chi connectivity index (χ0v) is 22.9. The summed E-state index contributed by atoms with van der Waals surface area (Å²) in [5.74, 6) is 0.547. The number of carbonyl (C=O) groups excluding carboxylic acids is 2. The number of thiophene rings is 1. The number of hydrogen-bond acceptors (Lipinski definition) is 6. The second-order valence-corrected chi connectivity index (χ2v) is 11.6. The van der Waals surface area contributed by atoms with E-state index in [0.717, 1.165) is 35.3 Å². The van der Waals surface area contributed by atoms with Gasteiger partial charge in [0.1, 0.15) is 18.1 Å². The van der Waals surface area contributed by atoms with E-state index in [0.29, 0.717) is 31.1 Å². The fraction of sp³-hybridized carbons (Fsp3) is 0.375. The number of fused-ring (bicyclic) bond motifs is 3. The molecular weight excluding hydrogens is 510 g/mol. The van der Waals surface area contributed by atoms with Crippen molar-refractivity contribution in [3.8, 4) is 0 Å². The van der Waals surface area contributed by atoms with E-state index in [1.165, 1.54) is 16.0 Å². The Kier molecular flexibility index (Phi) is 7.38. The summed E-state index contributed by atoms with van der Waals surface area (Å²) in [5, 5.41) is 11.4. The zero-order chi connectivity index (χ0) is 26.9. The predicted octanol–water partition coefficient (Wildman–Crippen LogP) is 6.08. The summed E-state index contributed by atoms with van der Waals surface area (Å²) >= 11 is 1.58. The standard InChI is InChI=1S/C32H33NO5S/c1-2-20-16-26-30(32(36)33(31(26)35)17-25-9-6-14-39-25)27-19-37-28(29(20)27)13-10-22(21-7-4-3-5-8-21)15-23-11-12-24(18-34)38-23/h3-9,11-12,14-15,26-28,30,34H,2,10,13,16-19H2,1H3/b22-15-/t26-,27+,28-,30-/m1/s1. The van der Waals surface area contributed by atoms with Crippen LogP contribution in [0.3, 0.4) is 0 Å². The van der Waals surface area contributed by atoms with Crippen molar-refractivity contribution >= 4 is 34.8 Å². The van der Waals surface area contributed by atoms with E-state index in [4.69, 9.17) is 9.15 Å². The average molecular weight is 544 g/mol. The highest BCUT2D eigenvalue weighted by Crippen LogP contribution is 2.51. The molecule has 2 saturated heterocycles. The van der Waals surface area contributed by atoms with Crippen molar-refractivity contribution in [3.05, 3.63) is 93.1 Å². The predicted molar refractivity (Wildman–Crippen MR) is 150 cm³/mol. The van der Waals surface area contributed by atoms with Crippen LogP contribution in [0.1, 0.15) is 54.6 Å². The number of likely N-dealkylation sites (tertiary alicyclic amines) is 1. The molecule has 0 spiro atoms. The third-order valence-corrected chi connectivity index (χ3v) is 9.26. The molecule has 3 aromatic rings. The number of amides is 2. The number of benzene rings is 1. The highest BCUT2D eigenvalue weighted by atomic mass is 32.1. The van der Waals surface area contributed by atoms with Crippen LogP contribution in [0.5, 0.6) is 0 Å². The van der Waals surface area contributed by atoms with Gasteiger partial charge in [0.25, 0.3) is 0 Å². The summed E-state index contributed by atoms with van der Waals surface area (Å²) in [6.07, 6.45) is 5.02. The van der Waals surface area contributed by atoms with E-state index >= 15 is 0 Å². The van der Waals surface area contributed by atoms with Gasteiger partial charge in [0.2, 0.25) is 11.8 Å². The maximum atomic E-state index is 13.6. The maximum absolute atomic E-state index is 13.6. The van der Waals surface area contributed by atoms with Crippen molar-refractivity contribution in [2.24, 2.45) is 17.8 Å². The van der Waals surface area contributed by atoms with Gasteiger partial charge in [-0.05, 0) is 72.0 Å². The van der Waals surface area contributed by atoms with E-state index in [1.54, 1.807) is 17.4 Å². The minimum Gasteiger partial charge on any atom is -0.459 e. The number of hydrogen-bond donors (Lipinski definition) is 1. The molecule has 4 atom stereocenters. The summed E-state index contributed by atoms with van der Waals surface area (Å²) in [5.41, 5.74) is 4.78. The largest absolute Gasteiger partial charge is 0.459 e. The minimum atomic E-state index is -0.322. The van der Waals surface area contributed by atoms with Crippen LogP contribution in [0.25, 0.3) is 11.6 Å². The first kappa shape index (κ1) is 26.0. The number of aliphatic hydroxyl groups is 1. The molecule has 39 heavy (non-hydrogen) atoms. The molecule has 0 radical (unpaired) electrons. The fourth-order valence-corrected chi connectivity index (χ4v) is 7.25. The van der Waals surface area contributed by atoms with Crippen molar-refractivity contribution in [3.63, 3.8) is 0 Å². The van der Waals surface area contributed by atoms with Gasteiger partial charge in [-0.1, -0.05) is 48.9 Å². The third kappa shape index (κ3) is 4.95. The molecule has 1 N–H and O–H groups in total. The number of carbonyl (C=O) groups is 2. The molecule has 7 heteroatoms. The number of aliphatic hydroxyl groups excluding tert-OH is 1. The topological polar surface area (TPSA) is 80.0 Å². The van der Waals surface area contributed by atoms with Gasteiger partial charge in [-0.25, -0.2) is 0 Å². The lowest BCUT2D eigenvalue weighted by Crippen LogP contribution is -2.34. The van der Waals surface area contributed by atoms with Crippen molar-refractivity contribution in [1.82, 2.24) is 4.90 Å². The lowest BCUT2D eigenvalue weighted by molar-refractivity contribution is -0.140. The third-order valence-electron chi connectivity index (χ3n) is 8.40. The van der Waals surface area contributed by atoms with Crippen LogP contribution in [0, 0.1) is 17.8 Å². The van der Waals surface area contributed by atoms with Crippen LogP contribution in [0.15, 0.2) is 75.5 Å². The Labute approximate surface area is 232 Å². The first-order chi connectivity index (χ1) is 19.1. The number of ether oxygens (including phenoxy) is 1. The highest BCUT2D eigenvalue weighted by molar-refractivity contribution is 7.09. The van der Waals surface area contributed by atoms with Gasteiger partial charge in [0.15, 0.2) is 0 Å². The van der Waals surface area contributed by atoms with Crippen molar-refractivity contribution < 1.29 is 23.8 Å². The lowest BCUT2D eigenvalue weighted by Gasteiger charge is -2.31. The monoisotopic (exact) mass is 543 g/mol. The van der Waals surface area contributed by atoms with Crippen molar-refractivity contribution in [2.45, 2.75) is 51.9 Å². The summed E-state index contributed by atoms with van der Waals surface area (Å²) in [7, 11) is 0. The van der Waals surface area contributed by atoms with E-state index in [9.17, 15) is 14.7 Å². The van der Waals surface area contributed by atoms with Crippen LogP contribution in [-0.2, 0) is 27.5 Å². The molecule has 2 amide bonds. The number of rotatable bonds is 9. The van der Waals surface area contributed by atoms with Gasteiger partial charge in [-0.3, -0.25) is 14.5 Å². The molecule has 202 valence electrons. The summed E-state index contributed by atoms with van der Waals surface area (Å²) < 4.78 is 12.2. The Morgan fingerprint density at radius 1 is 1.08 bits per heavy atom. The quantitative estimate of drug-likeness (QED) is 0.261. The number of furan rings is 1. The average Bonchev–Trinajstić information content (AvgIpc) is 3.77. The molecule has 0 unspecified atom stereocenters. The lowest BCUT2D eigenvalue weighted by atomic mass is 9.69.